The van der Waals surface area contributed by atoms with Gasteiger partial charge in [-0.1, -0.05) is 6.07 Å². The standard InChI is InChI=1S/C21H32N4O4/c1-15(26)24-9-11-25(12-10-24)19-7-3-6-18(20(19)27)23-21(28)16-4-2-5-17(14-16)29-13-8-22/h2,4-5,14,18-20,27H,3,6-13,22H2,1H3,(H,23,28)/t18-,19-,20-/m1/s1. The van der Waals surface area contributed by atoms with Crippen LogP contribution >= 0.6 is 0 Å². The van der Waals surface area contributed by atoms with Gasteiger partial charge in [-0.2, -0.15) is 0 Å². The first-order valence-electron chi connectivity index (χ1n) is 10.4. The third kappa shape index (κ3) is 5.46. The highest BCUT2D eigenvalue weighted by Gasteiger charge is 2.37. The zero-order valence-electron chi connectivity index (χ0n) is 17.0. The first-order valence-corrected chi connectivity index (χ1v) is 10.4. The number of nitrogens with two attached hydrogens (primary N) is 1. The Hall–Kier alpha value is -2.16. The number of benzene rings is 1. The lowest BCUT2D eigenvalue weighted by molar-refractivity contribution is -0.131. The van der Waals surface area contributed by atoms with Crippen LogP contribution < -0.4 is 15.8 Å². The van der Waals surface area contributed by atoms with E-state index in [4.69, 9.17) is 10.5 Å². The molecule has 0 bridgehead atoms. The molecule has 8 nitrogen and oxygen atoms in total. The highest BCUT2D eigenvalue weighted by molar-refractivity contribution is 5.94. The normalized spacial score (nSPS) is 25.5. The number of aliphatic hydroxyl groups is 1. The van der Waals surface area contributed by atoms with Crippen molar-refractivity contribution in [1.82, 2.24) is 15.1 Å². The molecule has 1 saturated carbocycles. The average Bonchev–Trinajstić information content (AvgIpc) is 2.74. The smallest absolute Gasteiger partial charge is 0.251 e. The van der Waals surface area contributed by atoms with Crippen molar-refractivity contribution >= 4 is 11.8 Å². The Kier molecular flexibility index (Phi) is 7.46. The van der Waals surface area contributed by atoms with Crippen LogP contribution in [0.1, 0.15) is 36.5 Å². The SMILES string of the molecule is CC(=O)N1CCN([C@@H]2CCC[C@@H](NC(=O)c3cccc(OCCN)c3)[C@H]2O)CC1. The molecular weight excluding hydrogens is 372 g/mol. The van der Waals surface area contributed by atoms with Crippen molar-refractivity contribution in [3.05, 3.63) is 29.8 Å². The van der Waals surface area contributed by atoms with Crippen LogP contribution in [0.4, 0.5) is 0 Å². The lowest BCUT2D eigenvalue weighted by atomic mass is 9.86. The Balaban J connectivity index is 1.58. The Labute approximate surface area is 172 Å². The van der Waals surface area contributed by atoms with E-state index in [9.17, 15) is 14.7 Å². The monoisotopic (exact) mass is 404 g/mol. The number of nitrogens with zero attached hydrogens (tertiary/aromatic N) is 2. The van der Waals surface area contributed by atoms with E-state index in [0.717, 1.165) is 32.4 Å². The minimum absolute atomic E-state index is 0.00220. The number of rotatable bonds is 6. The van der Waals surface area contributed by atoms with Crippen molar-refractivity contribution in [2.75, 3.05) is 39.3 Å². The van der Waals surface area contributed by atoms with Crippen LogP contribution in [-0.2, 0) is 4.79 Å². The summed E-state index contributed by atoms with van der Waals surface area (Å²) in [5, 5.41) is 14.0. The van der Waals surface area contributed by atoms with Gasteiger partial charge in [-0.05, 0) is 37.5 Å². The zero-order valence-corrected chi connectivity index (χ0v) is 17.0. The number of hydrogen-bond donors (Lipinski definition) is 3. The summed E-state index contributed by atoms with van der Waals surface area (Å²) in [5.41, 5.74) is 5.96. The van der Waals surface area contributed by atoms with Crippen LogP contribution in [0.15, 0.2) is 24.3 Å². The summed E-state index contributed by atoms with van der Waals surface area (Å²) in [7, 11) is 0. The maximum absolute atomic E-state index is 12.7. The van der Waals surface area contributed by atoms with Crippen molar-refractivity contribution in [1.29, 1.82) is 0 Å². The van der Waals surface area contributed by atoms with Gasteiger partial charge in [0.1, 0.15) is 12.4 Å². The topological polar surface area (TPSA) is 108 Å². The molecule has 1 aromatic rings. The Morgan fingerprint density at radius 2 is 2.00 bits per heavy atom. The van der Waals surface area contributed by atoms with Crippen molar-refractivity contribution in [2.45, 2.75) is 44.4 Å². The molecule has 1 saturated heterocycles. The van der Waals surface area contributed by atoms with Gasteiger partial charge in [0, 0.05) is 51.3 Å². The first kappa shape index (κ1) is 21.5. The van der Waals surface area contributed by atoms with Crippen molar-refractivity contribution in [3.63, 3.8) is 0 Å². The average molecular weight is 405 g/mol. The molecule has 3 atom stereocenters. The van der Waals surface area contributed by atoms with Gasteiger partial charge in [0.05, 0.1) is 12.1 Å². The molecule has 4 N–H and O–H groups in total. The lowest BCUT2D eigenvalue weighted by Gasteiger charge is -2.45. The maximum Gasteiger partial charge on any atom is 0.251 e. The van der Waals surface area contributed by atoms with Crippen LogP contribution in [-0.4, -0.2) is 84.2 Å². The van der Waals surface area contributed by atoms with Gasteiger partial charge in [-0.3, -0.25) is 14.5 Å². The molecular formula is C21H32N4O4. The fourth-order valence-electron chi connectivity index (χ4n) is 4.24. The van der Waals surface area contributed by atoms with Gasteiger partial charge in [0.2, 0.25) is 5.91 Å². The maximum atomic E-state index is 12.7. The number of carbonyl (C=O) groups is 2. The molecule has 1 aromatic carbocycles. The number of ether oxygens (including phenoxy) is 1. The minimum Gasteiger partial charge on any atom is -0.492 e. The highest BCUT2D eigenvalue weighted by atomic mass is 16.5. The predicted molar refractivity (Wildman–Crippen MR) is 110 cm³/mol. The van der Waals surface area contributed by atoms with Gasteiger partial charge in [0.25, 0.3) is 5.91 Å². The number of aliphatic hydroxyl groups excluding tert-OH is 1. The van der Waals surface area contributed by atoms with E-state index in [1.165, 1.54) is 0 Å². The number of hydrogen-bond acceptors (Lipinski definition) is 6. The highest BCUT2D eigenvalue weighted by Crippen LogP contribution is 2.25. The fourth-order valence-corrected chi connectivity index (χ4v) is 4.24. The molecule has 1 heterocycles. The first-order chi connectivity index (χ1) is 14.0. The molecule has 0 aromatic heterocycles. The quantitative estimate of drug-likeness (QED) is 0.625. The van der Waals surface area contributed by atoms with Crippen molar-refractivity contribution in [2.24, 2.45) is 5.73 Å². The molecule has 0 unspecified atom stereocenters. The molecule has 2 amide bonds. The van der Waals surface area contributed by atoms with E-state index < -0.39 is 6.10 Å². The third-order valence-corrected chi connectivity index (χ3v) is 5.85. The zero-order chi connectivity index (χ0) is 20.8. The molecule has 0 spiro atoms. The number of nitrogens with one attached hydrogen (secondary N) is 1. The number of amides is 2. The fraction of sp³-hybridized carbons (Fsp3) is 0.619. The third-order valence-electron chi connectivity index (χ3n) is 5.85. The molecule has 1 aliphatic heterocycles. The molecule has 2 fully saturated rings. The predicted octanol–water partition coefficient (Wildman–Crippen LogP) is 0.200. The largest absolute Gasteiger partial charge is 0.492 e. The molecule has 8 heteroatoms. The van der Waals surface area contributed by atoms with Crippen molar-refractivity contribution < 1.29 is 19.4 Å². The Morgan fingerprint density at radius 1 is 1.24 bits per heavy atom. The van der Waals surface area contributed by atoms with E-state index in [-0.39, 0.29) is 23.9 Å². The molecule has 29 heavy (non-hydrogen) atoms. The Bertz CT molecular complexity index is 706. The van der Waals surface area contributed by atoms with E-state index in [1.54, 1.807) is 31.2 Å². The molecule has 1 aliphatic carbocycles. The summed E-state index contributed by atoms with van der Waals surface area (Å²) in [4.78, 5) is 28.3. The van der Waals surface area contributed by atoms with Crippen LogP contribution in [0.2, 0.25) is 0 Å². The molecule has 0 radical (unpaired) electrons. The van der Waals surface area contributed by atoms with Crippen LogP contribution in [0.25, 0.3) is 0 Å². The van der Waals surface area contributed by atoms with Crippen molar-refractivity contribution in [3.8, 4) is 5.75 Å². The van der Waals surface area contributed by atoms with E-state index >= 15 is 0 Å². The summed E-state index contributed by atoms with van der Waals surface area (Å²) in [6, 6.07) is 6.70. The summed E-state index contributed by atoms with van der Waals surface area (Å²) < 4.78 is 5.49. The van der Waals surface area contributed by atoms with Crippen LogP contribution in [0.5, 0.6) is 5.75 Å². The van der Waals surface area contributed by atoms with Crippen LogP contribution in [0.3, 0.4) is 0 Å². The van der Waals surface area contributed by atoms with Gasteiger partial charge in [0.15, 0.2) is 0 Å². The number of carbonyl (C=O) groups excluding carboxylic acids is 2. The second-order valence-corrected chi connectivity index (χ2v) is 7.78. The second-order valence-electron chi connectivity index (χ2n) is 7.78. The van der Waals surface area contributed by atoms with E-state index in [1.807, 2.05) is 4.90 Å². The van der Waals surface area contributed by atoms with E-state index in [0.29, 0.717) is 37.6 Å². The minimum atomic E-state index is -0.631. The summed E-state index contributed by atoms with van der Waals surface area (Å²) in [5.74, 6) is 0.486. The van der Waals surface area contributed by atoms with E-state index in [2.05, 4.69) is 10.2 Å². The van der Waals surface area contributed by atoms with Gasteiger partial charge in [-0.15, -0.1) is 0 Å². The molecule has 2 aliphatic rings. The second kappa shape index (κ2) is 10.0. The number of piperazine rings is 1. The van der Waals surface area contributed by atoms with Gasteiger partial charge < -0.3 is 25.8 Å². The Morgan fingerprint density at radius 3 is 2.69 bits per heavy atom. The molecule has 160 valence electrons. The molecule has 3 rings (SSSR count). The summed E-state index contributed by atoms with van der Waals surface area (Å²) in [6.07, 6.45) is 1.96. The van der Waals surface area contributed by atoms with Gasteiger partial charge in [-0.25, -0.2) is 0 Å². The van der Waals surface area contributed by atoms with Gasteiger partial charge >= 0.3 is 0 Å². The summed E-state index contributed by atoms with van der Waals surface area (Å²) >= 11 is 0. The lowest BCUT2D eigenvalue weighted by Crippen LogP contribution is -2.60. The summed E-state index contributed by atoms with van der Waals surface area (Å²) in [6.45, 7) is 5.27. The van der Waals surface area contributed by atoms with Crippen LogP contribution in [0, 0.1) is 0 Å².